The highest BCUT2D eigenvalue weighted by atomic mass is 35.5. The Morgan fingerprint density at radius 2 is 1.67 bits per heavy atom. The number of halogens is 4. The third-order valence-corrected chi connectivity index (χ3v) is 6.08. The third-order valence-electron chi connectivity index (χ3n) is 3.18. The van der Waals surface area contributed by atoms with Crippen LogP contribution in [0.3, 0.4) is 0 Å². The van der Waals surface area contributed by atoms with Gasteiger partial charge in [0.05, 0.1) is 16.5 Å². The number of carbonyl (C=O) groups excluding carboxylic acids is 1. The van der Waals surface area contributed by atoms with Crippen molar-refractivity contribution in [3.63, 3.8) is 0 Å². The number of sulfone groups is 1. The first-order valence-electron chi connectivity index (χ1n) is 7.45. The average molecular weight is 469 g/mol. The summed E-state index contributed by atoms with van der Waals surface area (Å²) in [4.78, 5) is 11.4. The molecular formula is C17H13Cl4NO4S. The standard InChI is InChI=1S/C17H13Cl4NO4S/c1-2-26-17(23)16(9-22-13-6-11(19)5-12(20)7-13)27(24,25)15-4-3-10(18)8-14(15)21/h3-9,22H,2H2,1H3/b16-9-. The van der Waals surface area contributed by atoms with Crippen molar-refractivity contribution in [2.24, 2.45) is 0 Å². The van der Waals surface area contributed by atoms with E-state index < -0.39 is 20.7 Å². The van der Waals surface area contributed by atoms with E-state index in [4.69, 9.17) is 51.1 Å². The average Bonchev–Trinajstić information content (AvgIpc) is 2.53. The fraction of sp³-hybridized carbons (Fsp3) is 0.118. The zero-order chi connectivity index (χ0) is 20.2. The molecule has 0 aliphatic heterocycles. The number of hydrogen-bond donors (Lipinski definition) is 1. The summed E-state index contributed by atoms with van der Waals surface area (Å²) < 4.78 is 30.8. The van der Waals surface area contributed by atoms with Gasteiger partial charge in [0.1, 0.15) is 0 Å². The van der Waals surface area contributed by atoms with Crippen molar-refractivity contribution in [3.8, 4) is 0 Å². The highest BCUT2D eigenvalue weighted by Gasteiger charge is 2.30. The first kappa shape index (κ1) is 21.9. The van der Waals surface area contributed by atoms with Gasteiger partial charge in [-0.25, -0.2) is 13.2 Å². The molecular weight excluding hydrogens is 456 g/mol. The lowest BCUT2D eigenvalue weighted by Gasteiger charge is -2.11. The fourth-order valence-electron chi connectivity index (χ4n) is 2.05. The summed E-state index contributed by atoms with van der Waals surface area (Å²) in [7, 11) is -4.29. The zero-order valence-electron chi connectivity index (χ0n) is 13.8. The van der Waals surface area contributed by atoms with Crippen LogP contribution in [0.2, 0.25) is 20.1 Å². The Morgan fingerprint density at radius 3 is 2.22 bits per heavy atom. The van der Waals surface area contributed by atoms with Crippen molar-refractivity contribution >= 4 is 67.9 Å². The van der Waals surface area contributed by atoms with Gasteiger partial charge in [-0.3, -0.25) is 0 Å². The number of esters is 1. The molecule has 2 aromatic rings. The second-order valence-electron chi connectivity index (χ2n) is 5.11. The molecule has 0 amide bonds. The quantitative estimate of drug-likeness (QED) is 0.441. The second kappa shape index (κ2) is 9.17. The molecule has 2 rings (SSSR count). The molecule has 27 heavy (non-hydrogen) atoms. The lowest BCUT2D eigenvalue weighted by atomic mass is 10.3. The van der Waals surface area contributed by atoms with Gasteiger partial charge in [-0.1, -0.05) is 46.4 Å². The van der Waals surface area contributed by atoms with E-state index in [0.717, 1.165) is 6.20 Å². The van der Waals surface area contributed by atoms with Gasteiger partial charge in [0.15, 0.2) is 4.91 Å². The van der Waals surface area contributed by atoms with E-state index in [9.17, 15) is 13.2 Å². The van der Waals surface area contributed by atoms with Gasteiger partial charge in [0.2, 0.25) is 9.84 Å². The number of anilines is 1. The van der Waals surface area contributed by atoms with Crippen molar-refractivity contribution in [1.29, 1.82) is 0 Å². The maximum Gasteiger partial charge on any atom is 0.351 e. The molecule has 0 radical (unpaired) electrons. The molecule has 144 valence electrons. The van der Waals surface area contributed by atoms with Crippen LogP contribution in [0.4, 0.5) is 5.69 Å². The molecule has 0 unspecified atom stereocenters. The molecule has 10 heteroatoms. The summed E-state index contributed by atoms with van der Waals surface area (Å²) in [5.74, 6) is -1.04. The van der Waals surface area contributed by atoms with E-state index in [0.29, 0.717) is 15.7 Å². The van der Waals surface area contributed by atoms with Crippen molar-refractivity contribution in [2.75, 3.05) is 11.9 Å². The molecule has 0 aromatic heterocycles. The van der Waals surface area contributed by atoms with Crippen LogP contribution >= 0.6 is 46.4 Å². The van der Waals surface area contributed by atoms with Crippen molar-refractivity contribution in [2.45, 2.75) is 11.8 Å². The molecule has 2 aromatic carbocycles. The molecule has 0 saturated heterocycles. The lowest BCUT2D eigenvalue weighted by molar-refractivity contribution is -0.137. The highest BCUT2D eigenvalue weighted by Crippen LogP contribution is 2.30. The highest BCUT2D eigenvalue weighted by molar-refractivity contribution is 7.96. The summed E-state index contributed by atoms with van der Waals surface area (Å²) in [6.45, 7) is 1.55. The monoisotopic (exact) mass is 467 g/mol. The summed E-state index contributed by atoms with van der Waals surface area (Å²) >= 11 is 23.6. The van der Waals surface area contributed by atoms with Crippen LogP contribution < -0.4 is 5.32 Å². The van der Waals surface area contributed by atoms with Gasteiger partial charge in [-0.05, 0) is 43.3 Å². The Labute approximate surface area is 176 Å². The SMILES string of the molecule is CCOC(=O)/C(=C/Nc1cc(Cl)cc(Cl)c1)S(=O)(=O)c1ccc(Cl)cc1Cl. The predicted molar refractivity (Wildman–Crippen MR) is 108 cm³/mol. The van der Waals surface area contributed by atoms with Crippen LogP contribution in [0.25, 0.3) is 0 Å². The van der Waals surface area contributed by atoms with Gasteiger partial charge in [0, 0.05) is 27.0 Å². The topological polar surface area (TPSA) is 72.5 Å². The second-order valence-corrected chi connectivity index (χ2v) is 8.71. The molecule has 0 aliphatic carbocycles. The van der Waals surface area contributed by atoms with Crippen molar-refractivity contribution < 1.29 is 17.9 Å². The van der Waals surface area contributed by atoms with Crippen LogP contribution in [0.1, 0.15) is 6.92 Å². The molecule has 0 spiro atoms. The summed E-state index contributed by atoms with van der Waals surface area (Å²) in [5.41, 5.74) is 0.381. The van der Waals surface area contributed by atoms with E-state index in [1.165, 1.54) is 36.4 Å². The summed E-state index contributed by atoms with van der Waals surface area (Å²) in [5, 5.41) is 3.49. The van der Waals surface area contributed by atoms with E-state index >= 15 is 0 Å². The van der Waals surface area contributed by atoms with E-state index in [2.05, 4.69) is 5.32 Å². The summed E-state index contributed by atoms with van der Waals surface area (Å²) in [6, 6.07) is 8.36. The fourth-order valence-corrected chi connectivity index (χ4v) is 4.58. The Bertz CT molecular complexity index is 986. The minimum atomic E-state index is -4.29. The van der Waals surface area contributed by atoms with E-state index in [1.54, 1.807) is 6.92 Å². The Hall–Kier alpha value is -1.44. The molecule has 0 bridgehead atoms. The van der Waals surface area contributed by atoms with Crippen molar-refractivity contribution in [1.82, 2.24) is 0 Å². The van der Waals surface area contributed by atoms with Gasteiger partial charge in [-0.2, -0.15) is 0 Å². The number of hydrogen-bond acceptors (Lipinski definition) is 5. The minimum Gasteiger partial charge on any atom is -0.462 e. The number of carbonyl (C=O) groups is 1. The smallest absolute Gasteiger partial charge is 0.351 e. The first-order valence-corrected chi connectivity index (χ1v) is 10.4. The van der Waals surface area contributed by atoms with Gasteiger partial charge < -0.3 is 10.1 Å². The van der Waals surface area contributed by atoms with Crippen LogP contribution in [0, 0.1) is 0 Å². The zero-order valence-corrected chi connectivity index (χ0v) is 17.6. The van der Waals surface area contributed by atoms with Gasteiger partial charge in [0.25, 0.3) is 0 Å². The molecule has 5 nitrogen and oxygen atoms in total. The predicted octanol–water partition coefficient (Wildman–Crippen LogP) is 5.59. The normalized spacial score (nSPS) is 12.0. The minimum absolute atomic E-state index is 0.0109. The number of benzene rings is 2. The van der Waals surface area contributed by atoms with Gasteiger partial charge in [-0.15, -0.1) is 0 Å². The number of rotatable bonds is 6. The molecule has 1 N–H and O–H groups in total. The molecule has 0 saturated carbocycles. The largest absolute Gasteiger partial charge is 0.462 e. The number of ether oxygens (including phenoxy) is 1. The molecule has 0 atom stereocenters. The first-order chi connectivity index (χ1) is 12.6. The Kier molecular flexibility index (Phi) is 7.42. The molecule has 0 heterocycles. The van der Waals surface area contributed by atoms with Crippen LogP contribution in [-0.2, 0) is 19.4 Å². The maximum absolute atomic E-state index is 12.9. The van der Waals surface area contributed by atoms with Crippen LogP contribution in [0.5, 0.6) is 0 Å². The van der Waals surface area contributed by atoms with Gasteiger partial charge >= 0.3 is 5.97 Å². The van der Waals surface area contributed by atoms with Crippen LogP contribution in [-0.4, -0.2) is 21.0 Å². The third kappa shape index (κ3) is 5.53. The summed E-state index contributed by atoms with van der Waals surface area (Å²) in [6.07, 6.45) is 1.00. The van der Waals surface area contributed by atoms with E-state index in [-0.39, 0.29) is 21.5 Å². The molecule has 0 aliphatic rings. The maximum atomic E-state index is 12.9. The lowest BCUT2D eigenvalue weighted by Crippen LogP contribution is -2.18. The Balaban J connectivity index is 2.51. The molecule has 0 fully saturated rings. The Morgan fingerprint density at radius 1 is 1.04 bits per heavy atom. The van der Waals surface area contributed by atoms with Crippen LogP contribution in [0.15, 0.2) is 52.4 Å². The van der Waals surface area contributed by atoms with Crippen molar-refractivity contribution in [3.05, 3.63) is 67.6 Å². The van der Waals surface area contributed by atoms with E-state index in [1.807, 2.05) is 0 Å². The number of nitrogens with one attached hydrogen (secondary N) is 1.